The van der Waals surface area contributed by atoms with Crippen molar-refractivity contribution in [1.82, 2.24) is 0 Å². The molecule has 0 amide bonds. The van der Waals surface area contributed by atoms with Gasteiger partial charge in [0.15, 0.2) is 0 Å². The molecule has 2 aromatic carbocycles. The predicted octanol–water partition coefficient (Wildman–Crippen LogP) is 4.56. The summed E-state index contributed by atoms with van der Waals surface area (Å²) in [4.78, 5) is 11.3. The highest BCUT2D eigenvalue weighted by molar-refractivity contribution is 6.35. The van der Waals surface area contributed by atoms with Crippen LogP contribution in [0.2, 0.25) is 15.1 Å². The second-order valence-corrected chi connectivity index (χ2v) is 5.51. The topological polar surface area (TPSA) is 55.8 Å². The Bertz CT molecular complexity index is 676. The summed E-state index contributed by atoms with van der Waals surface area (Å²) in [6, 6.07) is 11.2. The van der Waals surface area contributed by atoms with Gasteiger partial charge in [-0.25, -0.2) is 4.79 Å². The molecule has 0 aliphatic rings. The van der Waals surface area contributed by atoms with Crippen molar-refractivity contribution in [2.45, 2.75) is 6.10 Å². The molecule has 4 nitrogen and oxygen atoms in total. The molecule has 0 radical (unpaired) electrons. The number of para-hydroxylation sites is 1. The van der Waals surface area contributed by atoms with Crippen molar-refractivity contribution in [3.8, 4) is 11.5 Å². The molecule has 0 bridgehead atoms. The van der Waals surface area contributed by atoms with Crippen LogP contribution in [0.5, 0.6) is 11.5 Å². The van der Waals surface area contributed by atoms with Gasteiger partial charge >= 0.3 is 5.97 Å². The van der Waals surface area contributed by atoms with E-state index in [0.717, 1.165) is 0 Å². The van der Waals surface area contributed by atoms with Gasteiger partial charge in [0.05, 0.1) is 10.0 Å². The van der Waals surface area contributed by atoms with Gasteiger partial charge in [0, 0.05) is 5.02 Å². The van der Waals surface area contributed by atoms with Crippen LogP contribution in [0.3, 0.4) is 0 Å². The van der Waals surface area contributed by atoms with Gasteiger partial charge < -0.3 is 14.6 Å². The van der Waals surface area contributed by atoms with E-state index in [1.165, 1.54) is 6.07 Å². The molecule has 0 aromatic heterocycles. The van der Waals surface area contributed by atoms with Crippen LogP contribution in [0.25, 0.3) is 0 Å². The number of ether oxygens (including phenoxy) is 2. The first-order chi connectivity index (χ1) is 10.5. The first-order valence-corrected chi connectivity index (χ1v) is 7.32. The van der Waals surface area contributed by atoms with Crippen molar-refractivity contribution in [3.05, 3.63) is 57.5 Å². The zero-order valence-electron chi connectivity index (χ0n) is 11.1. The number of hydrogen-bond acceptors (Lipinski definition) is 3. The Morgan fingerprint density at radius 3 is 2.41 bits per heavy atom. The van der Waals surface area contributed by atoms with Crippen molar-refractivity contribution in [1.29, 1.82) is 0 Å². The van der Waals surface area contributed by atoms with Crippen LogP contribution in [0, 0.1) is 0 Å². The zero-order chi connectivity index (χ0) is 16.1. The molecule has 2 rings (SSSR count). The number of halogens is 3. The van der Waals surface area contributed by atoms with Gasteiger partial charge in [-0.05, 0) is 30.3 Å². The lowest BCUT2D eigenvalue weighted by atomic mass is 10.3. The van der Waals surface area contributed by atoms with E-state index in [4.69, 9.17) is 44.3 Å². The Morgan fingerprint density at radius 2 is 1.77 bits per heavy atom. The number of carboxylic acids is 1. The fraction of sp³-hybridized carbons (Fsp3) is 0.133. The van der Waals surface area contributed by atoms with E-state index in [1.54, 1.807) is 36.4 Å². The number of aliphatic carboxylic acids is 1. The molecule has 0 saturated carbocycles. The largest absolute Gasteiger partial charge is 0.488 e. The number of hydrogen-bond donors (Lipinski definition) is 1. The Balaban J connectivity index is 2.06. The summed E-state index contributed by atoms with van der Waals surface area (Å²) in [6.45, 7) is -0.234. The molecule has 0 aliphatic heterocycles. The molecule has 7 heteroatoms. The van der Waals surface area contributed by atoms with E-state index in [1.807, 2.05) is 0 Å². The second kappa shape index (κ2) is 7.58. The molecule has 1 N–H and O–H groups in total. The Hall–Kier alpha value is -1.62. The molecule has 0 aliphatic carbocycles. The third kappa shape index (κ3) is 4.44. The summed E-state index contributed by atoms with van der Waals surface area (Å²) in [5.41, 5.74) is 0. The van der Waals surface area contributed by atoms with Crippen molar-refractivity contribution in [2.75, 3.05) is 6.61 Å². The molecular weight excluding hydrogens is 351 g/mol. The number of benzene rings is 2. The average Bonchev–Trinajstić information content (AvgIpc) is 2.46. The first-order valence-electron chi connectivity index (χ1n) is 6.19. The summed E-state index contributed by atoms with van der Waals surface area (Å²) >= 11 is 17.7. The van der Waals surface area contributed by atoms with Crippen molar-refractivity contribution >= 4 is 40.8 Å². The van der Waals surface area contributed by atoms with Gasteiger partial charge in [0.2, 0.25) is 6.10 Å². The third-order valence-corrected chi connectivity index (χ3v) is 3.51. The van der Waals surface area contributed by atoms with Crippen LogP contribution >= 0.6 is 34.8 Å². The van der Waals surface area contributed by atoms with E-state index >= 15 is 0 Å². The maximum absolute atomic E-state index is 11.3. The SMILES string of the molecule is O=C(O)C(COc1ccc(Cl)cc1Cl)Oc1ccccc1Cl. The molecule has 1 unspecified atom stereocenters. The minimum atomic E-state index is -1.23. The highest BCUT2D eigenvalue weighted by atomic mass is 35.5. The van der Waals surface area contributed by atoms with Crippen molar-refractivity contribution in [2.24, 2.45) is 0 Å². The maximum atomic E-state index is 11.3. The van der Waals surface area contributed by atoms with Gasteiger partial charge in [-0.15, -0.1) is 0 Å². The van der Waals surface area contributed by atoms with Crippen LogP contribution < -0.4 is 9.47 Å². The van der Waals surface area contributed by atoms with Gasteiger partial charge in [-0.1, -0.05) is 46.9 Å². The molecular formula is C15H11Cl3O4. The smallest absolute Gasteiger partial charge is 0.348 e. The van der Waals surface area contributed by atoms with Gasteiger partial charge in [-0.3, -0.25) is 0 Å². The lowest BCUT2D eigenvalue weighted by Crippen LogP contribution is -2.33. The van der Waals surface area contributed by atoms with Crippen LogP contribution in [0.15, 0.2) is 42.5 Å². The quantitative estimate of drug-likeness (QED) is 0.819. The Kier molecular flexibility index (Phi) is 5.77. The number of carbonyl (C=O) groups is 1. The van der Waals surface area contributed by atoms with E-state index < -0.39 is 12.1 Å². The van der Waals surface area contributed by atoms with E-state index in [9.17, 15) is 9.90 Å². The van der Waals surface area contributed by atoms with Crippen LogP contribution in [0.1, 0.15) is 0 Å². The molecule has 0 saturated heterocycles. The minimum absolute atomic E-state index is 0.234. The lowest BCUT2D eigenvalue weighted by molar-refractivity contribution is -0.146. The molecule has 0 fully saturated rings. The Morgan fingerprint density at radius 1 is 1.05 bits per heavy atom. The van der Waals surface area contributed by atoms with Crippen LogP contribution in [-0.2, 0) is 4.79 Å². The molecule has 0 heterocycles. The third-order valence-electron chi connectivity index (χ3n) is 2.67. The van der Waals surface area contributed by atoms with Crippen LogP contribution in [-0.4, -0.2) is 23.8 Å². The normalized spacial score (nSPS) is 11.8. The van der Waals surface area contributed by atoms with E-state index in [-0.39, 0.29) is 17.4 Å². The second-order valence-electron chi connectivity index (χ2n) is 4.26. The van der Waals surface area contributed by atoms with Crippen LogP contribution in [0.4, 0.5) is 0 Å². The van der Waals surface area contributed by atoms with E-state index in [2.05, 4.69) is 0 Å². The summed E-state index contributed by atoms with van der Waals surface area (Å²) < 4.78 is 10.8. The van der Waals surface area contributed by atoms with Crippen molar-refractivity contribution in [3.63, 3.8) is 0 Å². The Labute approximate surface area is 142 Å². The minimum Gasteiger partial charge on any atom is -0.488 e. The monoisotopic (exact) mass is 360 g/mol. The van der Waals surface area contributed by atoms with Gasteiger partial charge in [-0.2, -0.15) is 0 Å². The zero-order valence-corrected chi connectivity index (χ0v) is 13.4. The standard InChI is InChI=1S/C15H11Cl3O4/c16-9-5-6-12(11(18)7-9)21-8-14(15(19)20)22-13-4-2-1-3-10(13)17/h1-7,14H,8H2,(H,19,20). The first kappa shape index (κ1) is 16.7. The number of carboxylic acid groups (broad SMARTS) is 1. The average molecular weight is 362 g/mol. The molecule has 0 spiro atoms. The molecule has 2 aromatic rings. The molecule has 1 atom stereocenters. The maximum Gasteiger partial charge on any atom is 0.348 e. The summed E-state index contributed by atoms with van der Waals surface area (Å²) in [5.74, 6) is -0.590. The fourth-order valence-corrected chi connectivity index (χ4v) is 2.25. The van der Waals surface area contributed by atoms with E-state index in [0.29, 0.717) is 15.8 Å². The highest BCUT2D eigenvalue weighted by Gasteiger charge is 2.22. The molecule has 22 heavy (non-hydrogen) atoms. The predicted molar refractivity (Wildman–Crippen MR) is 85.5 cm³/mol. The fourth-order valence-electron chi connectivity index (χ4n) is 1.61. The number of rotatable bonds is 6. The van der Waals surface area contributed by atoms with Gasteiger partial charge in [0.1, 0.15) is 18.1 Å². The van der Waals surface area contributed by atoms with Gasteiger partial charge in [0.25, 0.3) is 0 Å². The summed E-state index contributed by atoms with van der Waals surface area (Å²) in [7, 11) is 0. The highest BCUT2D eigenvalue weighted by Crippen LogP contribution is 2.28. The summed E-state index contributed by atoms with van der Waals surface area (Å²) in [5, 5.41) is 10.3. The summed E-state index contributed by atoms with van der Waals surface area (Å²) in [6.07, 6.45) is -1.23. The molecule has 116 valence electrons. The lowest BCUT2D eigenvalue weighted by Gasteiger charge is -2.17. The van der Waals surface area contributed by atoms with Crippen molar-refractivity contribution < 1.29 is 19.4 Å².